The van der Waals surface area contributed by atoms with E-state index in [2.05, 4.69) is 20.9 Å². The second-order valence-corrected chi connectivity index (χ2v) is 3.63. The molecule has 1 heterocycles. The van der Waals surface area contributed by atoms with Gasteiger partial charge in [-0.1, -0.05) is 0 Å². The van der Waals surface area contributed by atoms with Crippen molar-refractivity contribution in [1.29, 1.82) is 0 Å². The summed E-state index contributed by atoms with van der Waals surface area (Å²) in [6.07, 6.45) is -2.62. The Kier molecular flexibility index (Phi) is 4.22. The van der Waals surface area contributed by atoms with E-state index in [0.29, 0.717) is 0 Å². The fourth-order valence-electron chi connectivity index (χ4n) is 1.09. The molecule has 0 radical (unpaired) electrons. The minimum atomic E-state index is -2.62. The molecule has 0 saturated heterocycles. The zero-order valence-electron chi connectivity index (χ0n) is 6.98. The summed E-state index contributed by atoms with van der Waals surface area (Å²) in [5, 5.41) is 8.89. The van der Waals surface area contributed by atoms with E-state index in [1.807, 2.05) is 0 Å². The molecule has 0 fully saturated rings. The van der Waals surface area contributed by atoms with Gasteiger partial charge in [-0.3, -0.25) is 0 Å². The lowest BCUT2D eigenvalue weighted by molar-refractivity contribution is 0.149. The summed E-state index contributed by atoms with van der Waals surface area (Å²) in [5.74, 6) is -0.0875. The van der Waals surface area contributed by atoms with Crippen LogP contribution in [0.25, 0.3) is 0 Å². The van der Waals surface area contributed by atoms with Gasteiger partial charge in [-0.25, -0.2) is 13.8 Å². The fourth-order valence-corrected chi connectivity index (χ4v) is 1.86. The number of aliphatic hydroxyl groups excluding tert-OH is 1. The van der Waals surface area contributed by atoms with E-state index in [1.54, 1.807) is 0 Å². The number of pyridine rings is 1. The predicted octanol–water partition coefficient (Wildman–Crippen LogP) is 3.01. The Labute approximate surface area is 93.0 Å². The molecular weight excluding hydrogens is 279 g/mol. The van der Waals surface area contributed by atoms with E-state index in [4.69, 9.17) is 16.7 Å². The summed E-state index contributed by atoms with van der Waals surface area (Å²) in [7, 11) is 0. The topological polar surface area (TPSA) is 33.1 Å². The summed E-state index contributed by atoms with van der Waals surface area (Å²) >= 11 is 8.50. The van der Waals surface area contributed by atoms with Gasteiger partial charge in [0, 0.05) is 11.4 Å². The molecule has 78 valence electrons. The van der Waals surface area contributed by atoms with Crippen molar-refractivity contribution in [2.24, 2.45) is 0 Å². The number of nitrogens with zero attached hydrogens (tertiary/aromatic N) is 1. The quantitative estimate of drug-likeness (QED) is 0.684. The molecule has 6 heteroatoms. The molecule has 0 aliphatic heterocycles. The molecule has 0 bridgehead atoms. The molecule has 14 heavy (non-hydrogen) atoms. The van der Waals surface area contributed by atoms with Crippen molar-refractivity contribution < 1.29 is 13.9 Å². The number of aromatic nitrogens is 1. The Morgan fingerprint density at radius 3 is 2.64 bits per heavy atom. The highest BCUT2D eigenvalue weighted by atomic mass is 79.9. The van der Waals surface area contributed by atoms with E-state index < -0.39 is 13.0 Å². The highest BCUT2D eigenvalue weighted by Gasteiger charge is 2.17. The molecule has 0 atom stereocenters. The maximum Gasteiger partial charge on any atom is 0.264 e. The molecule has 0 aliphatic carbocycles. The van der Waals surface area contributed by atoms with Gasteiger partial charge in [0.2, 0.25) is 0 Å². The van der Waals surface area contributed by atoms with Crippen LogP contribution in [-0.4, -0.2) is 10.1 Å². The van der Waals surface area contributed by atoms with E-state index in [9.17, 15) is 8.78 Å². The monoisotopic (exact) mass is 285 g/mol. The lowest BCUT2D eigenvalue weighted by Crippen LogP contribution is -2.02. The minimum absolute atomic E-state index is 0.0875. The van der Waals surface area contributed by atoms with E-state index in [0.717, 1.165) is 0 Å². The molecule has 2 nitrogen and oxygen atoms in total. The van der Waals surface area contributed by atoms with Crippen LogP contribution in [0.4, 0.5) is 8.78 Å². The van der Waals surface area contributed by atoms with Crippen molar-refractivity contribution >= 4 is 27.5 Å². The van der Waals surface area contributed by atoms with Crippen LogP contribution in [0.3, 0.4) is 0 Å². The largest absolute Gasteiger partial charge is 0.390 e. The number of alkyl halides is 3. The average molecular weight is 287 g/mol. The first-order valence-corrected chi connectivity index (χ1v) is 5.06. The van der Waals surface area contributed by atoms with Crippen molar-refractivity contribution in [3.63, 3.8) is 0 Å². The lowest BCUT2D eigenvalue weighted by atomic mass is 10.1. The van der Waals surface area contributed by atoms with E-state index in [1.165, 1.54) is 6.07 Å². The van der Waals surface area contributed by atoms with E-state index in [-0.39, 0.29) is 27.3 Å². The fraction of sp³-hybridized carbons (Fsp3) is 0.375. The maximum absolute atomic E-state index is 12.5. The van der Waals surface area contributed by atoms with Crippen LogP contribution >= 0.6 is 27.5 Å². The highest BCUT2D eigenvalue weighted by Crippen LogP contribution is 2.28. The van der Waals surface area contributed by atoms with Crippen molar-refractivity contribution in [2.45, 2.75) is 18.9 Å². The van der Waals surface area contributed by atoms with Crippen LogP contribution in [-0.2, 0) is 12.5 Å². The zero-order valence-corrected chi connectivity index (χ0v) is 9.32. The molecule has 0 amide bonds. The van der Waals surface area contributed by atoms with Gasteiger partial charge in [-0.05, 0) is 27.6 Å². The van der Waals surface area contributed by atoms with Crippen LogP contribution in [0.2, 0.25) is 0 Å². The molecule has 0 spiro atoms. The summed E-state index contributed by atoms with van der Waals surface area (Å²) in [6, 6.07) is 1.21. The standard InChI is InChI=1S/C8H7BrClF2NO/c9-7-1-4(8(11)12)5(2-10)6(3-14)13-7/h1,8,14H,2-3H2. The number of hydrogen-bond acceptors (Lipinski definition) is 2. The van der Waals surface area contributed by atoms with Crippen molar-refractivity contribution in [2.75, 3.05) is 0 Å². The second-order valence-electron chi connectivity index (χ2n) is 2.55. The van der Waals surface area contributed by atoms with Gasteiger partial charge in [0.25, 0.3) is 6.43 Å². The maximum atomic E-state index is 12.5. The molecule has 0 saturated carbocycles. The smallest absolute Gasteiger partial charge is 0.264 e. The predicted molar refractivity (Wildman–Crippen MR) is 52.4 cm³/mol. The summed E-state index contributed by atoms with van der Waals surface area (Å²) in [4.78, 5) is 3.85. The Morgan fingerprint density at radius 2 is 2.21 bits per heavy atom. The van der Waals surface area contributed by atoms with Crippen LogP contribution in [0, 0.1) is 0 Å². The molecule has 1 aromatic rings. The molecule has 0 unspecified atom stereocenters. The Morgan fingerprint density at radius 1 is 1.57 bits per heavy atom. The van der Waals surface area contributed by atoms with Gasteiger partial charge in [0.05, 0.1) is 12.3 Å². The zero-order chi connectivity index (χ0) is 10.7. The normalized spacial score (nSPS) is 11.0. The lowest BCUT2D eigenvalue weighted by Gasteiger charge is -2.10. The summed E-state index contributed by atoms with van der Waals surface area (Å²) < 4.78 is 25.3. The Bertz CT molecular complexity index is 335. The van der Waals surface area contributed by atoms with Gasteiger partial charge in [0.1, 0.15) is 4.60 Å². The van der Waals surface area contributed by atoms with Crippen molar-refractivity contribution in [3.8, 4) is 0 Å². The number of aliphatic hydroxyl groups is 1. The molecule has 1 N–H and O–H groups in total. The molecule has 1 aromatic heterocycles. The SMILES string of the molecule is OCc1nc(Br)cc(C(F)F)c1CCl. The Balaban J connectivity index is 3.31. The first-order chi connectivity index (χ1) is 6.60. The van der Waals surface area contributed by atoms with Gasteiger partial charge >= 0.3 is 0 Å². The third kappa shape index (κ3) is 2.40. The molecule has 0 aromatic carbocycles. The summed E-state index contributed by atoms with van der Waals surface area (Å²) in [6.45, 7) is -0.402. The molecule has 1 rings (SSSR count). The second kappa shape index (κ2) is 5.00. The Hall–Kier alpha value is -0.260. The number of halogens is 4. The van der Waals surface area contributed by atoms with Gasteiger partial charge in [-0.15, -0.1) is 11.6 Å². The first kappa shape index (κ1) is 11.8. The first-order valence-electron chi connectivity index (χ1n) is 3.73. The number of hydrogen-bond donors (Lipinski definition) is 1. The van der Waals surface area contributed by atoms with Gasteiger partial charge in [0.15, 0.2) is 0 Å². The average Bonchev–Trinajstić information content (AvgIpc) is 2.16. The van der Waals surface area contributed by atoms with Gasteiger partial charge in [-0.2, -0.15) is 0 Å². The van der Waals surface area contributed by atoms with Crippen LogP contribution in [0.15, 0.2) is 10.7 Å². The third-order valence-corrected chi connectivity index (χ3v) is 2.41. The molecular formula is C8H7BrClF2NO. The summed E-state index contributed by atoms with van der Waals surface area (Å²) in [5.41, 5.74) is 0.197. The minimum Gasteiger partial charge on any atom is -0.390 e. The van der Waals surface area contributed by atoms with Crippen LogP contribution < -0.4 is 0 Å². The van der Waals surface area contributed by atoms with Crippen LogP contribution in [0.5, 0.6) is 0 Å². The van der Waals surface area contributed by atoms with Crippen molar-refractivity contribution in [1.82, 2.24) is 4.98 Å². The van der Waals surface area contributed by atoms with Gasteiger partial charge < -0.3 is 5.11 Å². The van der Waals surface area contributed by atoms with Crippen molar-refractivity contribution in [3.05, 3.63) is 27.5 Å². The third-order valence-electron chi connectivity index (χ3n) is 1.73. The highest BCUT2D eigenvalue weighted by molar-refractivity contribution is 9.10. The van der Waals surface area contributed by atoms with E-state index >= 15 is 0 Å². The van der Waals surface area contributed by atoms with Crippen LogP contribution in [0.1, 0.15) is 23.2 Å². The number of rotatable bonds is 3. The molecule has 0 aliphatic rings.